The molecule has 3 aromatic heterocycles. The maximum absolute atomic E-state index is 14.8. The molecule has 2 bridgehead atoms. The maximum Gasteiger partial charge on any atom is 0.305 e. The highest BCUT2D eigenvalue weighted by Crippen LogP contribution is 2.46. The summed E-state index contributed by atoms with van der Waals surface area (Å²) in [6.07, 6.45) is 13.1. The molecule has 4 aliphatic rings. The number of halogens is 1. The Morgan fingerprint density at radius 3 is 2.88 bits per heavy atom. The van der Waals surface area contributed by atoms with Gasteiger partial charge in [-0.3, -0.25) is 14.2 Å². The Bertz CT molecular complexity index is 2150. The number of carbonyl (C=O) groups excluding carboxylic acids is 1. The van der Waals surface area contributed by atoms with Crippen molar-refractivity contribution in [2.24, 2.45) is 29.2 Å². The van der Waals surface area contributed by atoms with E-state index in [9.17, 15) is 9.00 Å². The summed E-state index contributed by atoms with van der Waals surface area (Å²) in [5.41, 5.74) is 2.80. The molecule has 1 unspecified atom stereocenters. The second kappa shape index (κ2) is 13.5. The zero-order valence-electron chi connectivity index (χ0n) is 29.1. The van der Waals surface area contributed by atoms with Gasteiger partial charge in [-0.2, -0.15) is 5.10 Å². The van der Waals surface area contributed by atoms with Crippen LogP contribution in [0.15, 0.2) is 59.4 Å². The van der Waals surface area contributed by atoms with Crippen LogP contribution in [0.4, 0.5) is 11.6 Å². The van der Waals surface area contributed by atoms with Crippen LogP contribution >= 0.6 is 11.6 Å². The minimum atomic E-state index is -3.39. The SMILES string of the molecule is CO[C@H]1/C=C/C[C@H](C)CS(=O)(Nc2ncnc3nn(C)cc23)=NC(=O)c2ccc3c(n2)N(C[C@@H]2CC[C@H]21)C[C@@]1(CCCc2cc(Cl)ccc21)CO3. The summed E-state index contributed by atoms with van der Waals surface area (Å²) in [6.45, 7) is 3.91. The first-order valence-electron chi connectivity index (χ1n) is 17.7. The van der Waals surface area contributed by atoms with E-state index in [1.807, 2.05) is 19.1 Å². The molecule has 1 fully saturated rings. The number of carbonyl (C=O) groups is 1. The Hall–Kier alpha value is -4.07. The fraction of sp³-hybridized carbons (Fsp3) is 0.486. The number of hydrogen-bond donors (Lipinski definition) is 1. The van der Waals surface area contributed by atoms with Gasteiger partial charge in [-0.25, -0.2) is 19.2 Å². The molecule has 6 atom stereocenters. The summed E-state index contributed by atoms with van der Waals surface area (Å²) in [5.74, 6) is 1.59. The van der Waals surface area contributed by atoms with Crippen LogP contribution in [0.1, 0.15) is 60.6 Å². The molecule has 268 valence electrons. The third-order valence-corrected chi connectivity index (χ3v) is 13.2. The number of fused-ring (bicyclic) bond motifs is 5. The van der Waals surface area contributed by atoms with Crippen LogP contribution in [0.2, 0.25) is 5.02 Å². The van der Waals surface area contributed by atoms with Gasteiger partial charge in [0.15, 0.2) is 23.0 Å². The lowest BCUT2D eigenvalue weighted by molar-refractivity contribution is 0.0131. The van der Waals surface area contributed by atoms with E-state index in [-0.39, 0.29) is 28.9 Å². The smallest absolute Gasteiger partial charge is 0.305 e. The maximum atomic E-state index is 14.8. The van der Waals surface area contributed by atoms with E-state index >= 15 is 0 Å². The molecule has 51 heavy (non-hydrogen) atoms. The van der Waals surface area contributed by atoms with Crippen molar-refractivity contribution in [1.82, 2.24) is 24.7 Å². The van der Waals surface area contributed by atoms with Crippen LogP contribution in [0, 0.1) is 17.8 Å². The van der Waals surface area contributed by atoms with Crippen LogP contribution < -0.4 is 14.4 Å². The number of methoxy groups -OCH3 is 1. The van der Waals surface area contributed by atoms with Gasteiger partial charge in [-0.15, -0.1) is 4.36 Å². The highest BCUT2D eigenvalue weighted by Gasteiger charge is 2.45. The lowest BCUT2D eigenvalue weighted by Crippen LogP contribution is -2.49. The molecule has 1 amide bonds. The first-order valence-corrected chi connectivity index (χ1v) is 19.8. The molecule has 14 heteroatoms. The lowest BCUT2D eigenvalue weighted by atomic mass is 9.68. The van der Waals surface area contributed by atoms with Gasteiger partial charge in [0.1, 0.15) is 21.9 Å². The minimum absolute atomic E-state index is 0.0500. The number of rotatable bonds is 3. The van der Waals surface area contributed by atoms with Crippen molar-refractivity contribution in [3.8, 4) is 5.75 Å². The molecular formula is C37H43ClN8O4S. The largest absolute Gasteiger partial charge is 0.489 e. The van der Waals surface area contributed by atoms with E-state index in [2.05, 4.69) is 53.3 Å². The number of anilines is 2. The summed E-state index contributed by atoms with van der Waals surface area (Å²) >= 11 is 6.46. The van der Waals surface area contributed by atoms with Crippen molar-refractivity contribution in [3.05, 3.63) is 76.9 Å². The Morgan fingerprint density at radius 1 is 1.18 bits per heavy atom. The Morgan fingerprint density at radius 2 is 2.06 bits per heavy atom. The van der Waals surface area contributed by atoms with E-state index < -0.39 is 15.8 Å². The molecule has 12 nitrogen and oxygen atoms in total. The van der Waals surface area contributed by atoms with Crippen molar-refractivity contribution in [1.29, 1.82) is 0 Å². The van der Waals surface area contributed by atoms with Gasteiger partial charge in [-0.1, -0.05) is 36.7 Å². The third-order valence-electron chi connectivity index (χ3n) is 11.0. The number of pyridine rings is 1. The number of amides is 1. The standard InChI is InChI=1S/C37H43ClN8O4S/c1-23-6-4-8-31(49-3)27-11-9-25(27)17-46-20-37(15-5-7-24-16-26(38)10-12-29(24)37)21-50-32-14-13-30(41-35(32)46)36(47)44-51(48,19-23)43-34-28-18-45(2)42-33(28)39-22-40-34/h4,8,10,12-14,16,18,22-23,25,27,31H,5-7,9,11,15,17,19-21H2,1-3H3,(H,39,40,42,43,44,47,48)/b8-4+/t23-,25-,27+,31-,37-,51?/m0/s1. The van der Waals surface area contributed by atoms with Crippen LogP contribution in [0.3, 0.4) is 0 Å². The van der Waals surface area contributed by atoms with E-state index in [1.165, 1.54) is 17.5 Å². The van der Waals surface area contributed by atoms with Crippen molar-refractivity contribution < 1.29 is 18.5 Å². The summed E-state index contributed by atoms with van der Waals surface area (Å²) < 4.78 is 36.5. The first kappa shape index (κ1) is 34.0. The molecule has 0 saturated heterocycles. The van der Waals surface area contributed by atoms with Gasteiger partial charge in [0.05, 0.1) is 23.8 Å². The number of nitrogens with one attached hydrogen (secondary N) is 1. The summed E-state index contributed by atoms with van der Waals surface area (Å²) in [7, 11) is 0.161. The second-order valence-corrected chi connectivity index (χ2v) is 17.1. The molecule has 1 aromatic carbocycles. The van der Waals surface area contributed by atoms with Crippen molar-refractivity contribution >= 4 is 50.1 Å². The van der Waals surface area contributed by atoms with Gasteiger partial charge in [0.25, 0.3) is 0 Å². The Labute approximate surface area is 303 Å². The Balaban J connectivity index is 1.22. The molecule has 1 saturated carbocycles. The number of ether oxygens (including phenoxy) is 2. The highest BCUT2D eigenvalue weighted by atomic mass is 35.5. The number of allylic oxidation sites excluding steroid dienone is 1. The van der Waals surface area contributed by atoms with Crippen LogP contribution in [0.5, 0.6) is 5.75 Å². The zero-order valence-corrected chi connectivity index (χ0v) is 30.7. The molecule has 4 aromatic rings. The number of aryl methyl sites for hydroxylation is 2. The average molecular weight is 731 g/mol. The molecule has 1 spiro atoms. The number of hydrogen-bond acceptors (Lipinski definition) is 9. The quantitative estimate of drug-likeness (QED) is 0.246. The number of nitrogens with zero attached hydrogens (tertiary/aromatic N) is 7. The van der Waals surface area contributed by atoms with Crippen molar-refractivity contribution in [3.63, 3.8) is 0 Å². The number of aromatic nitrogens is 5. The third kappa shape index (κ3) is 6.60. The average Bonchev–Trinajstić information content (AvgIpc) is 3.41. The van der Waals surface area contributed by atoms with Crippen LogP contribution in [-0.2, 0) is 33.5 Å². The van der Waals surface area contributed by atoms with Gasteiger partial charge in [0, 0.05) is 43.9 Å². The lowest BCUT2D eigenvalue weighted by Gasteiger charge is -2.45. The van der Waals surface area contributed by atoms with Gasteiger partial charge >= 0.3 is 5.91 Å². The van der Waals surface area contributed by atoms with Gasteiger partial charge < -0.3 is 14.4 Å². The predicted octanol–water partition coefficient (Wildman–Crippen LogP) is 6.16. The molecule has 5 heterocycles. The fourth-order valence-corrected chi connectivity index (χ4v) is 10.5. The molecular weight excluding hydrogens is 688 g/mol. The van der Waals surface area contributed by atoms with Crippen molar-refractivity contribution in [2.75, 3.05) is 42.2 Å². The summed E-state index contributed by atoms with van der Waals surface area (Å²) in [5, 5.41) is 5.68. The van der Waals surface area contributed by atoms with E-state index in [1.54, 1.807) is 31.1 Å². The normalized spacial score (nSPS) is 30.0. The molecule has 1 N–H and O–H groups in total. The predicted molar refractivity (Wildman–Crippen MR) is 198 cm³/mol. The summed E-state index contributed by atoms with van der Waals surface area (Å²) in [4.78, 5) is 29.9. The van der Waals surface area contributed by atoms with Crippen LogP contribution in [-0.4, -0.2) is 73.5 Å². The van der Waals surface area contributed by atoms with Gasteiger partial charge in [-0.05, 0) is 91.7 Å². The van der Waals surface area contributed by atoms with Crippen molar-refractivity contribution in [2.45, 2.75) is 57.0 Å². The van der Waals surface area contributed by atoms with E-state index in [4.69, 9.17) is 26.1 Å². The van der Waals surface area contributed by atoms with Crippen LogP contribution in [0.25, 0.3) is 11.0 Å². The molecule has 2 aliphatic heterocycles. The van der Waals surface area contributed by atoms with Gasteiger partial charge in [0.2, 0.25) is 0 Å². The molecule has 8 rings (SSSR count). The zero-order chi connectivity index (χ0) is 35.3. The molecule has 2 aliphatic carbocycles. The second-order valence-electron chi connectivity index (χ2n) is 14.7. The number of benzene rings is 1. The fourth-order valence-electron chi connectivity index (χ4n) is 8.40. The summed E-state index contributed by atoms with van der Waals surface area (Å²) in [6, 6.07) is 9.66. The molecule has 0 radical (unpaired) electrons. The monoisotopic (exact) mass is 730 g/mol. The highest BCUT2D eigenvalue weighted by molar-refractivity contribution is 7.95. The topological polar surface area (TPSA) is 137 Å². The first-order chi connectivity index (χ1) is 24.6. The minimum Gasteiger partial charge on any atom is -0.489 e. The van der Waals surface area contributed by atoms with E-state index in [0.29, 0.717) is 59.8 Å². The Kier molecular flexibility index (Phi) is 9.00. The van der Waals surface area contributed by atoms with E-state index in [0.717, 1.165) is 43.7 Å².